The van der Waals surface area contributed by atoms with Gasteiger partial charge in [0.15, 0.2) is 0 Å². The SMILES string of the molecule is CCc1cccc2c(C3CCNC3)c(C)[nH]c12. The average molecular weight is 228 g/mol. The standard InChI is InChI=1S/C15H20N2/c1-3-11-5-4-6-13-14(10(2)17-15(11)13)12-7-8-16-9-12/h4-6,12,16-17H,3,7-9H2,1-2H3. The fourth-order valence-corrected chi connectivity index (χ4v) is 3.15. The van der Waals surface area contributed by atoms with Crippen LogP contribution in [0.4, 0.5) is 0 Å². The Kier molecular flexibility index (Phi) is 2.67. The first-order valence-electron chi connectivity index (χ1n) is 6.62. The predicted molar refractivity (Wildman–Crippen MR) is 72.6 cm³/mol. The van der Waals surface area contributed by atoms with Crippen molar-refractivity contribution in [3.05, 3.63) is 35.0 Å². The molecule has 0 radical (unpaired) electrons. The third kappa shape index (κ3) is 1.67. The Morgan fingerprint density at radius 2 is 2.24 bits per heavy atom. The fourth-order valence-electron chi connectivity index (χ4n) is 3.15. The summed E-state index contributed by atoms with van der Waals surface area (Å²) in [6.07, 6.45) is 2.36. The van der Waals surface area contributed by atoms with Crippen LogP contribution in [0.1, 0.15) is 36.1 Å². The molecule has 0 spiro atoms. The molecule has 2 heterocycles. The van der Waals surface area contributed by atoms with Crippen LogP contribution in [0, 0.1) is 6.92 Å². The van der Waals surface area contributed by atoms with E-state index in [2.05, 4.69) is 42.3 Å². The van der Waals surface area contributed by atoms with Gasteiger partial charge in [0.1, 0.15) is 0 Å². The van der Waals surface area contributed by atoms with Crippen molar-refractivity contribution in [2.24, 2.45) is 0 Å². The molecular formula is C15H20N2. The van der Waals surface area contributed by atoms with E-state index in [9.17, 15) is 0 Å². The van der Waals surface area contributed by atoms with Crippen LogP contribution >= 0.6 is 0 Å². The molecular weight excluding hydrogens is 208 g/mol. The minimum absolute atomic E-state index is 0.691. The third-order valence-corrected chi connectivity index (χ3v) is 4.01. The Balaban J connectivity index is 2.20. The Hall–Kier alpha value is -1.28. The van der Waals surface area contributed by atoms with Gasteiger partial charge in [0.25, 0.3) is 0 Å². The van der Waals surface area contributed by atoms with Crippen LogP contribution in [0.15, 0.2) is 18.2 Å². The van der Waals surface area contributed by atoms with Crippen LogP contribution in [0.3, 0.4) is 0 Å². The quantitative estimate of drug-likeness (QED) is 0.812. The van der Waals surface area contributed by atoms with E-state index in [1.165, 1.54) is 28.6 Å². The van der Waals surface area contributed by atoms with Gasteiger partial charge in [-0.2, -0.15) is 0 Å². The summed E-state index contributed by atoms with van der Waals surface area (Å²) in [6, 6.07) is 6.70. The Labute approximate surface area is 102 Å². The van der Waals surface area contributed by atoms with Crippen molar-refractivity contribution >= 4 is 10.9 Å². The largest absolute Gasteiger partial charge is 0.358 e. The average Bonchev–Trinajstić information content (AvgIpc) is 2.93. The molecule has 1 fully saturated rings. The van der Waals surface area contributed by atoms with Crippen LogP contribution in [0.25, 0.3) is 10.9 Å². The van der Waals surface area contributed by atoms with Crippen molar-refractivity contribution in [2.45, 2.75) is 32.6 Å². The maximum atomic E-state index is 3.60. The van der Waals surface area contributed by atoms with Crippen LogP contribution in [0.5, 0.6) is 0 Å². The molecule has 90 valence electrons. The molecule has 1 unspecified atom stereocenters. The molecule has 17 heavy (non-hydrogen) atoms. The Bertz CT molecular complexity index is 533. The van der Waals surface area contributed by atoms with Gasteiger partial charge in [-0.25, -0.2) is 0 Å². The fraction of sp³-hybridized carbons (Fsp3) is 0.467. The second-order valence-corrected chi connectivity index (χ2v) is 5.05. The van der Waals surface area contributed by atoms with Gasteiger partial charge in [-0.15, -0.1) is 0 Å². The molecule has 2 heteroatoms. The molecule has 0 bridgehead atoms. The molecule has 2 aromatic rings. The first-order valence-corrected chi connectivity index (χ1v) is 6.62. The highest BCUT2D eigenvalue weighted by molar-refractivity contribution is 5.88. The number of nitrogens with one attached hydrogen (secondary N) is 2. The number of para-hydroxylation sites is 1. The van der Waals surface area contributed by atoms with Crippen molar-refractivity contribution in [1.29, 1.82) is 0 Å². The second-order valence-electron chi connectivity index (χ2n) is 5.05. The first kappa shape index (κ1) is 10.8. The van der Waals surface area contributed by atoms with Crippen LogP contribution in [-0.2, 0) is 6.42 Å². The summed E-state index contributed by atoms with van der Waals surface area (Å²) in [5.41, 5.74) is 5.69. The zero-order valence-corrected chi connectivity index (χ0v) is 10.6. The van der Waals surface area contributed by atoms with E-state index in [0.29, 0.717) is 5.92 Å². The maximum absolute atomic E-state index is 3.60. The summed E-state index contributed by atoms with van der Waals surface area (Å²) < 4.78 is 0. The number of hydrogen-bond acceptors (Lipinski definition) is 1. The molecule has 1 atom stereocenters. The summed E-state index contributed by atoms with van der Waals surface area (Å²) in [7, 11) is 0. The molecule has 1 aliphatic heterocycles. The second kappa shape index (κ2) is 4.19. The van der Waals surface area contributed by atoms with Gasteiger partial charge in [-0.3, -0.25) is 0 Å². The molecule has 0 saturated carbocycles. The van der Waals surface area contributed by atoms with E-state index in [4.69, 9.17) is 0 Å². The molecule has 0 amide bonds. The number of hydrogen-bond donors (Lipinski definition) is 2. The highest BCUT2D eigenvalue weighted by atomic mass is 14.9. The van der Waals surface area contributed by atoms with Crippen LogP contribution in [-0.4, -0.2) is 18.1 Å². The maximum Gasteiger partial charge on any atom is 0.0491 e. The van der Waals surface area contributed by atoms with Gasteiger partial charge in [0, 0.05) is 23.1 Å². The number of rotatable bonds is 2. The van der Waals surface area contributed by atoms with Crippen molar-refractivity contribution in [3.63, 3.8) is 0 Å². The number of aryl methyl sites for hydroxylation is 2. The minimum atomic E-state index is 0.691. The number of H-pyrrole nitrogens is 1. The number of benzene rings is 1. The summed E-state index contributed by atoms with van der Waals surface area (Å²) in [4.78, 5) is 3.60. The lowest BCUT2D eigenvalue weighted by molar-refractivity contribution is 0.763. The first-order chi connectivity index (χ1) is 8.31. The third-order valence-electron chi connectivity index (χ3n) is 4.01. The number of aromatic nitrogens is 1. The summed E-state index contributed by atoms with van der Waals surface area (Å²) in [6.45, 7) is 6.73. The molecule has 1 aromatic heterocycles. The van der Waals surface area contributed by atoms with Gasteiger partial charge in [-0.05, 0) is 43.4 Å². The van der Waals surface area contributed by atoms with Crippen molar-refractivity contribution in [2.75, 3.05) is 13.1 Å². The molecule has 1 aromatic carbocycles. The van der Waals surface area contributed by atoms with Crippen LogP contribution in [0.2, 0.25) is 0 Å². The van der Waals surface area contributed by atoms with Gasteiger partial charge >= 0.3 is 0 Å². The van der Waals surface area contributed by atoms with Gasteiger partial charge in [0.2, 0.25) is 0 Å². The molecule has 1 saturated heterocycles. The summed E-state index contributed by atoms with van der Waals surface area (Å²) in [5, 5.41) is 4.91. The number of fused-ring (bicyclic) bond motifs is 1. The molecule has 2 N–H and O–H groups in total. The number of aromatic amines is 1. The van der Waals surface area contributed by atoms with Gasteiger partial charge < -0.3 is 10.3 Å². The molecule has 0 aliphatic carbocycles. The van der Waals surface area contributed by atoms with E-state index < -0.39 is 0 Å². The predicted octanol–water partition coefficient (Wildman–Crippen LogP) is 3.12. The Morgan fingerprint density at radius 1 is 1.35 bits per heavy atom. The molecule has 3 rings (SSSR count). The van der Waals surface area contributed by atoms with Crippen LogP contribution < -0.4 is 5.32 Å². The van der Waals surface area contributed by atoms with Crippen molar-refractivity contribution in [3.8, 4) is 0 Å². The molecule has 2 nitrogen and oxygen atoms in total. The zero-order valence-electron chi connectivity index (χ0n) is 10.6. The monoisotopic (exact) mass is 228 g/mol. The van der Waals surface area contributed by atoms with Crippen molar-refractivity contribution in [1.82, 2.24) is 10.3 Å². The normalized spacial score (nSPS) is 20.2. The molecule has 1 aliphatic rings. The van der Waals surface area contributed by atoms with E-state index in [0.717, 1.165) is 19.5 Å². The smallest absolute Gasteiger partial charge is 0.0491 e. The zero-order chi connectivity index (χ0) is 11.8. The lowest BCUT2D eigenvalue weighted by Gasteiger charge is -2.09. The lowest BCUT2D eigenvalue weighted by Crippen LogP contribution is -2.08. The van der Waals surface area contributed by atoms with Gasteiger partial charge in [-0.1, -0.05) is 25.1 Å². The van der Waals surface area contributed by atoms with Gasteiger partial charge in [0.05, 0.1) is 0 Å². The van der Waals surface area contributed by atoms with E-state index >= 15 is 0 Å². The van der Waals surface area contributed by atoms with E-state index in [1.54, 1.807) is 5.56 Å². The minimum Gasteiger partial charge on any atom is -0.358 e. The highest BCUT2D eigenvalue weighted by Crippen LogP contribution is 2.33. The highest BCUT2D eigenvalue weighted by Gasteiger charge is 2.22. The van der Waals surface area contributed by atoms with Crippen molar-refractivity contribution < 1.29 is 0 Å². The summed E-state index contributed by atoms with van der Waals surface area (Å²) in [5.74, 6) is 0.691. The summed E-state index contributed by atoms with van der Waals surface area (Å²) >= 11 is 0. The van der Waals surface area contributed by atoms with E-state index in [1.807, 2.05) is 0 Å². The Morgan fingerprint density at radius 3 is 2.94 bits per heavy atom. The lowest BCUT2D eigenvalue weighted by atomic mass is 9.94. The topological polar surface area (TPSA) is 27.8 Å². The van der Waals surface area contributed by atoms with E-state index in [-0.39, 0.29) is 0 Å².